The Bertz CT molecular complexity index is 635. The molecule has 2 aromatic rings. The van der Waals surface area contributed by atoms with E-state index in [9.17, 15) is 4.79 Å². The van der Waals surface area contributed by atoms with Crippen molar-refractivity contribution in [2.45, 2.75) is 26.1 Å². The van der Waals surface area contributed by atoms with Crippen molar-refractivity contribution in [2.24, 2.45) is 0 Å². The van der Waals surface area contributed by atoms with Crippen molar-refractivity contribution in [3.8, 4) is 11.5 Å². The van der Waals surface area contributed by atoms with Crippen LogP contribution in [0, 0.1) is 0 Å². The Hall–Kier alpha value is -1.92. The van der Waals surface area contributed by atoms with Gasteiger partial charge < -0.3 is 9.15 Å². The summed E-state index contributed by atoms with van der Waals surface area (Å²) in [5.74, 6) is -0.0608. The van der Waals surface area contributed by atoms with Crippen LogP contribution in [0.15, 0.2) is 39.5 Å². The Labute approximate surface area is 122 Å². The summed E-state index contributed by atoms with van der Waals surface area (Å²) >= 11 is 0. The van der Waals surface area contributed by atoms with Crippen LogP contribution in [0.2, 0.25) is 0 Å². The van der Waals surface area contributed by atoms with Gasteiger partial charge in [-0.1, -0.05) is 25.1 Å². The molecule has 1 saturated heterocycles. The molecule has 0 saturated carbocycles. The average molecular weight is 289 g/mol. The molecule has 0 N–H and O–H groups in total. The van der Waals surface area contributed by atoms with Crippen molar-refractivity contribution in [3.63, 3.8) is 0 Å². The highest BCUT2D eigenvalue weighted by Gasteiger charge is 2.20. The molecule has 1 aromatic carbocycles. The number of benzene rings is 1. The average Bonchev–Trinajstić information content (AvgIpc) is 2.89. The predicted octanol–water partition coefficient (Wildman–Crippen LogP) is 1.57. The molecule has 6 heteroatoms. The Balaban J connectivity index is 1.74. The first-order chi connectivity index (χ1) is 10.3. The van der Waals surface area contributed by atoms with Crippen LogP contribution in [-0.2, 0) is 11.4 Å². The number of rotatable bonds is 4. The Morgan fingerprint density at radius 2 is 2.14 bits per heavy atom. The summed E-state index contributed by atoms with van der Waals surface area (Å²) in [6.07, 6.45) is 1.20. The molecule has 2 heterocycles. The molecule has 0 aliphatic carbocycles. The quantitative estimate of drug-likeness (QED) is 0.855. The smallest absolute Gasteiger partial charge is 0.388 e. The van der Waals surface area contributed by atoms with Crippen molar-refractivity contribution in [1.29, 1.82) is 0 Å². The summed E-state index contributed by atoms with van der Waals surface area (Å²) in [4.78, 5) is 14.1. The van der Waals surface area contributed by atoms with E-state index in [1.54, 1.807) is 0 Å². The van der Waals surface area contributed by atoms with E-state index >= 15 is 0 Å². The predicted molar refractivity (Wildman–Crippen MR) is 77.8 cm³/mol. The van der Waals surface area contributed by atoms with Crippen LogP contribution in [0.25, 0.3) is 11.5 Å². The topological polar surface area (TPSA) is 60.5 Å². The van der Waals surface area contributed by atoms with Crippen LogP contribution in [0.1, 0.15) is 13.3 Å². The van der Waals surface area contributed by atoms with E-state index in [4.69, 9.17) is 9.15 Å². The van der Waals surface area contributed by atoms with Gasteiger partial charge >= 0.3 is 5.76 Å². The Kier molecular flexibility index (Phi) is 4.17. The summed E-state index contributed by atoms with van der Waals surface area (Å²) in [7, 11) is 0. The van der Waals surface area contributed by atoms with Crippen LogP contribution in [0.4, 0.5) is 0 Å². The largest absolute Gasteiger partial charge is 0.438 e. The van der Waals surface area contributed by atoms with Gasteiger partial charge in [-0.15, -0.1) is 5.10 Å². The molecule has 0 bridgehead atoms. The fraction of sp³-hybridized carbons (Fsp3) is 0.467. The minimum absolute atomic E-state index is 0.231. The van der Waals surface area contributed by atoms with Gasteiger partial charge in [0.2, 0.25) is 5.89 Å². The molecule has 3 rings (SSSR count). The van der Waals surface area contributed by atoms with Crippen molar-refractivity contribution in [2.75, 3.05) is 19.7 Å². The van der Waals surface area contributed by atoms with Gasteiger partial charge in [0.05, 0.1) is 12.7 Å². The normalized spacial score (nSPS) is 19.8. The molecule has 112 valence electrons. The second-order valence-electron chi connectivity index (χ2n) is 5.16. The van der Waals surface area contributed by atoms with E-state index in [1.165, 1.54) is 4.68 Å². The number of morpholine rings is 1. The van der Waals surface area contributed by atoms with E-state index in [1.807, 2.05) is 30.3 Å². The highest BCUT2D eigenvalue weighted by Crippen LogP contribution is 2.14. The van der Waals surface area contributed by atoms with Gasteiger partial charge in [-0.2, -0.15) is 4.68 Å². The second-order valence-corrected chi connectivity index (χ2v) is 5.16. The van der Waals surface area contributed by atoms with E-state index in [0.29, 0.717) is 19.2 Å². The number of aromatic nitrogens is 2. The van der Waals surface area contributed by atoms with Crippen LogP contribution >= 0.6 is 0 Å². The van der Waals surface area contributed by atoms with E-state index in [2.05, 4.69) is 16.9 Å². The first-order valence-electron chi connectivity index (χ1n) is 7.23. The molecule has 1 atom stereocenters. The van der Waals surface area contributed by atoms with Crippen molar-refractivity contribution in [3.05, 3.63) is 40.9 Å². The number of hydrogen-bond acceptors (Lipinski definition) is 5. The molecule has 1 fully saturated rings. The molecule has 1 unspecified atom stereocenters. The van der Waals surface area contributed by atoms with Crippen molar-refractivity contribution < 1.29 is 9.15 Å². The van der Waals surface area contributed by atoms with Crippen molar-refractivity contribution >= 4 is 0 Å². The highest BCUT2D eigenvalue weighted by atomic mass is 16.5. The number of nitrogens with zero attached hydrogens (tertiary/aromatic N) is 3. The minimum atomic E-state index is -0.423. The van der Waals surface area contributed by atoms with Gasteiger partial charge in [-0.05, 0) is 18.6 Å². The maximum atomic E-state index is 11.9. The van der Waals surface area contributed by atoms with Crippen LogP contribution in [0.5, 0.6) is 0 Å². The summed E-state index contributed by atoms with van der Waals surface area (Å²) in [6.45, 7) is 4.85. The lowest BCUT2D eigenvalue weighted by molar-refractivity contribution is -0.0417. The van der Waals surface area contributed by atoms with Gasteiger partial charge in [-0.3, -0.25) is 4.90 Å². The summed E-state index contributed by atoms with van der Waals surface area (Å²) < 4.78 is 12.2. The van der Waals surface area contributed by atoms with Crippen LogP contribution < -0.4 is 5.76 Å². The standard InChI is InChI=1S/C15H19N3O3/c1-2-13-10-17(8-9-20-13)11-18-15(19)21-14(16-18)12-6-4-3-5-7-12/h3-7,13H,2,8-11H2,1H3. The molecule has 0 spiro atoms. The van der Waals surface area contributed by atoms with Crippen LogP contribution in [-0.4, -0.2) is 40.5 Å². The lowest BCUT2D eigenvalue weighted by atomic mass is 10.2. The molecule has 1 aliphatic rings. The molecule has 0 radical (unpaired) electrons. The van der Waals surface area contributed by atoms with Gasteiger partial charge in [-0.25, -0.2) is 4.79 Å². The monoisotopic (exact) mass is 289 g/mol. The number of hydrogen-bond donors (Lipinski definition) is 0. The first kappa shape index (κ1) is 14.0. The van der Waals surface area contributed by atoms with Gasteiger partial charge in [0.15, 0.2) is 0 Å². The van der Waals surface area contributed by atoms with Gasteiger partial charge in [0.1, 0.15) is 6.67 Å². The minimum Gasteiger partial charge on any atom is -0.388 e. The zero-order chi connectivity index (χ0) is 14.7. The molecule has 0 amide bonds. The molecule has 1 aromatic heterocycles. The van der Waals surface area contributed by atoms with Gasteiger partial charge in [0.25, 0.3) is 0 Å². The first-order valence-corrected chi connectivity index (χ1v) is 7.23. The summed E-state index contributed by atoms with van der Waals surface area (Å²) in [5, 5.41) is 4.28. The zero-order valence-electron chi connectivity index (χ0n) is 12.1. The summed E-state index contributed by atoms with van der Waals surface area (Å²) in [5.41, 5.74) is 0.807. The highest BCUT2D eigenvalue weighted by molar-refractivity contribution is 5.51. The van der Waals surface area contributed by atoms with Gasteiger partial charge in [0, 0.05) is 18.7 Å². The third-order valence-electron chi connectivity index (χ3n) is 3.64. The fourth-order valence-corrected chi connectivity index (χ4v) is 2.44. The lowest BCUT2D eigenvalue weighted by Crippen LogP contribution is -2.44. The maximum absolute atomic E-state index is 11.9. The Morgan fingerprint density at radius 3 is 2.90 bits per heavy atom. The lowest BCUT2D eigenvalue weighted by Gasteiger charge is -2.31. The molecular formula is C15H19N3O3. The zero-order valence-corrected chi connectivity index (χ0v) is 12.1. The van der Waals surface area contributed by atoms with E-state index in [0.717, 1.165) is 25.1 Å². The maximum Gasteiger partial charge on any atom is 0.438 e. The molecule has 1 aliphatic heterocycles. The molecule has 21 heavy (non-hydrogen) atoms. The second kappa shape index (κ2) is 6.24. The summed E-state index contributed by atoms with van der Waals surface area (Å²) in [6, 6.07) is 9.44. The molecular weight excluding hydrogens is 270 g/mol. The third-order valence-corrected chi connectivity index (χ3v) is 3.64. The Morgan fingerprint density at radius 1 is 1.33 bits per heavy atom. The molecule has 6 nitrogen and oxygen atoms in total. The fourth-order valence-electron chi connectivity index (χ4n) is 2.44. The van der Waals surface area contributed by atoms with E-state index in [-0.39, 0.29) is 6.10 Å². The van der Waals surface area contributed by atoms with E-state index < -0.39 is 5.76 Å². The SMILES string of the molecule is CCC1CN(Cn2nc(-c3ccccc3)oc2=O)CCO1. The van der Waals surface area contributed by atoms with Crippen LogP contribution in [0.3, 0.4) is 0 Å². The van der Waals surface area contributed by atoms with Crippen molar-refractivity contribution in [1.82, 2.24) is 14.7 Å². The third kappa shape index (κ3) is 3.22. The number of ether oxygens (including phenoxy) is 1.